The van der Waals surface area contributed by atoms with E-state index in [9.17, 15) is 9.59 Å². The minimum Gasteiger partial charge on any atom is -0.496 e. The Hall–Kier alpha value is -2.67. The smallest absolute Gasteiger partial charge is 0.317 e. The first kappa shape index (κ1) is 14.7. The maximum Gasteiger partial charge on any atom is 0.317 e. The van der Waals surface area contributed by atoms with Gasteiger partial charge in [-0.2, -0.15) is 0 Å². The minimum atomic E-state index is -0.811. The highest BCUT2D eigenvalue weighted by Crippen LogP contribution is 2.34. The van der Waals surface area contributed by atoms with Crippen LogP contribution in [0.1, 0.15) is 10.4 Å². The average molecular weight is 309 g/mol. The van der Waals surface area contributed by atoms with Gasteiger partial charge < -0.3 is 21.2 Å². The number of rotatable bonds is 4. The summed E-state index contributed by atoms with van der Waals surface area (Å²) in [7, 11) is 1.50. The zero-order valence-corrected chi connectivity index (χ0v) is 11.8. The molecule has 0 atom stereocenters. The Kier molecular flexibility index (Phi) is 4.04. The maximum atomic E-state index is 11.4. The van der Waals surface area contributed by atoms with Crippen LogP contribution in [0.4, 0.5) is 10.6 Å². The lowest BCUT2D eigenvalue weighted by Gasteiger charge is -2.07. The van der Waals surface area contributed by atoms with Crippen LogP contribution in [0.15, 0.2) is 24.3 Å². The number of carbonyl (C=O) groups is 2. The van der Waals surface area contributed by atoms with Crippen molar-refractivity contribution in [1.82, 2.24) is 4.98 Å². The van der Waals surface area contributed by atoms with E-state index in [1.54, 1.807) is 18.2 Å². The highest BCUT2D eigenvalue weighted by molar-refractivity contribution is 6.30. The largest absolute Gasteiger partial charge is 0.496 e. The maximum absolute atomic E-state index is 11.4. The Morgan fingerprint density at radius 2 is 2.00 bits per heavy atom. The number of H-pyrrole nitrogens is 1. The van der Waals surface area contributed by atoms with Gasteiger partial charge in [-0.05, 0) is 24.3 Å². The first-order valence-corrected chi connectivity index (χ1v) is 6.23. The summed E-state index contributed by atoms with van der Waals surface area (Å²) in [5.74, 6) is -0.0680. The second-order valence-corrected chi connectivity index (χ2v) is 4.61. The highest BCUT2D eigenvalue weighted by atomic mass is 35.5. The van der Waals surface area contributed by atoms with Crippen molar-refractivity contribution in [2.75, 3.05) is 12.4 Å². The van der Waals surface area contributed by atoms with Crippen molar-refractivity contribution in [1.29, 1.82) is 0 Å². The molecule has 0 saturated heterocycles. The monoisotopic (exact) mass is 308 g/mol. The van der Waals surface area contributed by atoms with Gasteiger partial charge in [0, 0.05) is 10.6 Å². The number of amides is 3. The summed E-state index contributed by atoms with van der Waals surface area (Å²) < 4.78 is 5.24. The van der Waals surface area contributed by atoms with Crippen LogP contribution in [-0.4, -0.2) is 24.0 Å². The zero-order chi connectivity index (χ0) is 15.6. The van der Waals surface area contributed by atoms with E-state index < -0.39 is 11.9 Å². The van der Waals surface area contributed by atoms with Crippen molar-refractivity contribution in [3.05, 3.63) is 34.9 Å². The molecule has 3 amide bonds. The summed E-state index contributed by atoms with van der Waals surface area (Å²) in [6.07, 6.45) is 0. The van der Waals surface area contributed by atoms with Crippen LogP contribution in [0.5, 0.6) is 5.75 Å². The summed E-state index contributed by atoms with van der Waals surface area (Å²) in [5.41, 5.74) is 11.6. The van der Waals surface area contributed by atoms with E-state index in [0.717, 1.165) is 0 Å². The Morgan fingerprint density at radius 3 is 2.57 bits per heavy atom. The van der Waals surface area contributed by atoms with Gasteiger partial charge >= 0.3 is 6.03 Å². The molecule has 2 rings (SSSR count). The topological polar surface area (TPSA) is 123 Å². The number of benzene rings is 1. The summed E-state index contributed by atoms with van der Waals surface area (Å²) >= 11 is 5.90. The van der Waals surface area contributed by atoms with Gasteiger partial charge in [0.1, 0.15) is 11.6 Å². The highest BCUT2D eigenvalue weighted by Gasteiger charge is 2.17. The molecule has 1 aromatic heterocycles. The standard InChI is InChI=1S/C13H13ClN4O3/c1-21-10-4-6(14)2-3-7(10)9-5-8(11(15)19)12(17-9)18-13(16)20/h2-5,17H,1H3,(H2,15,19)(H3,16,18,20). The summed E-state index contributed by atoms with van der Waals surface area (Å²) in [6.45, 7) is 0. The molecular weight excluding hydrogens is 296 g/mol. The van der Waals surface area contributed by atoms with Crippen LogP contribution in [0.25, 0.3) is 11.3 Å². The number of anilines is 1. The number of hydrogen-bond donors (Lipinski definition) is 4. The molecule has 6 N–H and O–H groups in total. The molecule has 110 valence electrons. The molecule has 0 saturated carbocycles. The van der Waals surface area contributed by atoms with Crippen LogP contribution in [0.2, 0.25) is 5.02 Å². The first-order valence-electron chi connectivity index (χ1n) is 5.85. The summed E-state index contributed by atoms with van der Waals surface area (Å²) in [5, 5.41) is 2.82. The van der Waals surface area contributed by atoms with E-state index in [4.69, 9.17) is 27.8 Å². The van der Waals surface area contributed by atoms with Gasteiger partial charge in [-0.25, -0.2) is 4.79 Å². The number of nitrogens with one attached hydrogen (secondary N) is 2. The predicted octanol–water partition coefficient (Wildman–Crippen LogP) is 1.93. The van der Waals surface area contributed by atoms with Crippen LogP contribution >= 0.6 is 11.6 Å². The number of nitrogens with two attached hydrogens (primary N) is 2. The normalized spacial score (nSPS) is 10.2. The lowest BCUT2D eigenvalue weighted by molar-refractivity contribution is 0.100. The van der Waals surface area contributed by atoms with Gasteiger partial charge in [0.2, 0.25) is 0 Å². The second kappa shape index (κ2) is 5.76. The molecule has 21 heavy (non-hydrogen) atoms. The fourth-order valence-electron chi connectivity index (χ4n) is 1.90. The van der Waals surface area contributed by atoms with Crippen LogP contribution in [0, 0.1) is 0 Å². The van der Waals surface area contributed by atoms with Crippen LogP contribution in [-0.2, 0) is 0 Å². The number of hydrogen-bond acceptors (Lipinski definition) is 3. The van der Waals surface area contributed by atoms with Gasteiger partial charge in [-0.15, -0.1) is 0 Å². The first-order chi connectivity index (χ1) is 9.92. The molecule has 0 bridgehead atoms. The van der Waals surface area contributed by atoms with E-state index in [0.29, 0.717) is 22.0 Å². The molecule has 0 aliphatic rings. The third-order valence-corrected chi connectivity index (χ3v) is 3.02. The van der Waals surface area contributed by atoms with E-state index in [1.807, 2.05) is 0 Å². The number of urea groups is 1. The van der Waals surface area contributed by atoms with E-state index in [-0.39, 0.29) is 11.4 Å². The molecule has 0 fully saturated rings. The van der Waals surface area contributed by atoms with Crippen molar-refractivity contribution in [2.45, 2.75) is 0 Å². The van der Waals surface area contributed by atoms with Crippen molar-refractivity contribution in [2.24, 2.45) is 11.5 Å². The number of primary amides is 2. The Labute approximate surface area is 125 Å². The lowest BCUT2D eigenvalue weighted by Crippen LogP contribution is -2.22. The van der Waals surface area contributed by atoms with Crippen molar-refractivity contribution in [3.8, 4) is 17.0 Å². The minimum absolute atomic E-state index is 0.112. The Balaban J connectivity index is 2.54. The van der Waals surface area contributed by atoms with Gasteiger partial charge in [0.25, 0.3) is 5.91 Å². The molecule has 8 heteroatoms. The van der Waals surface area contributed by atoms with E-state index in [1.165, 1.54) is 13.2 Å². The van der Waals surface area contributed by atoms with Crippen molar-refractivity contribution in [3.63, 3.8) is 0 Å². The molecule has 2 aromatic rings. The Morgan fingerprint density at radius 1 is 1.29 bits per heavy atom. The molecule has 0 radical (unpaired) electrons. The molecule has 1 heterocycles. The summed E-state index contributed by atoms with van der Waals surface area (Å²) in [6, 6.07) is 5.70. The Bertz CT molecular complexity index is 711. The molecule has 0 spiro atoms. The van der Waals surface area contributed by atoms with E-state index in [2.05, 4.69) is 10.3 Å². The zero-order valence-electron chi connectivity index (χ0n) is 11.1. The van der Waals surface area contributed by atoms with Crippen LogP contribution < -0.4 is 21.5 Å². The molecule has 1 aromatic carbocycles. The SMILES string of the molecule is COc1cc(Cl)ccc1-c1cc(C(N)=O)c(NC(N)=O)[nH]1. The number of aromatic nitrogens is 1. The van der Waals surface area contributed by atoms with Gasteiger partial charge in [0.05, 0.1) is 18.4 Å². The number of ether oxygens (including phenoxy) is 1. The third kappa shape index (κ3) is 3.09. The quantitative estimate of drug-likeness (QED) is 0.690. The number of methoxy groups -OCH3 is 1. The summed E-state index contributed by atoms with van der Waals surface area (Å²) in [4.78, 5) is 25.2. The van der Waals surface area contributed by atoms with Gasteiger partial charge in [0.15, 0.2) is 0 Å². The number of halogens is 1. The van der Waals surface area contributed by atoms with Crippen LogP contribution in [0.3, 0.4) is 0 Å². The molecule has 7 nitrogen and oxygen atoms in total. The number of carbonyl (C=O) groups excluding carboxylic acids is 2. The van der Waals surface area contributed by atoms with E-state index >= 15 is 0 Å². The fraction of sp³-hybridized carbons (Fsp3) is 0.0769. The van der Waals surface area contributed by atoms with Gasteiger partial charge in [-0.1, -0.05) is 11.6 Å². The second-order valence-electron chi connectivity index (χ2n) is 4.17. The molecule has 0 aliphatic carbocycles. The van der Waals surface area contributed by atoms with Crippen molar-refractivity contribution < 1.29 is 14.3 Å². The predicted molar refractivity (Wildman–Crippen MR) is 79.5 cm³/mol. The number of aromatic amines is 1. The molecule has 0 unspecified atom stereocenters. The third-order valence-electron chi connectivity index (χ3n) is 2.79. The van der Waals surface area contributed by atoms with Gasteiger partial charge in [-0.3, -0.25) is 10.1 Å². The van der Waals surface area contributed by atoms with Crippen molar-refractivity contribution >= 4 is 29.4 Å². The fourth-order valence-corrected chi connectivity index (χ4v) is 2.07. The molecular formula is C13H13ClN4O3. The lowest BCUT2D eigenvalue weighted by atomic mass is 10.1. The molecule has 0 aliphatic heterocycles. The average Bonchev–Trinajstić information content (AvgIpc) is 2.81.